The number of carbonyl (C=O) groups excluding carboxylic acids is 3. The molecule has 2 N–H and O–H groups in total. The van der Waals surface area contributed by atoms with Crippen LogP contribution in [0.3, 0.4) is 0 Å². The number of ether oxygens (including phenoxy) is 1. The predicted molar refractivity (Wildman–Crippen MR) is 197 cm³/mol. The highest BCUT2D eigenvalue weighted by Crippen LogP contribution is 2.67. The zero-order chi connectivity index (χ0) is 39.6. The van der Waals surface area contributed by atoms with Crippen LogP contribution >= 0.6 is 0 Å². The fraction of sp³-hybridized carbons (Fsp3) is 0.463. The Morgan fingerprint density at radius 2 is 1.57 bits per heavy atom. The third-order valence-electron chi connectivity index (χ3n) is 12.6. The average Bonchev–Trinajstić information content (AvgIpc) is 3.67. The number of ketones is 2. The van der Waals surface area contributed by atoms with Crippen LogP contribution in [0.1, 0.15) is 84.4 Å². The van der Waals surface area contributed by atoms with Gasteiger partial charge < -0.3 is 4.74 Å². The number of alkyl halides is 3. The van der Waals surface area contributed by atoms with Crippen molar-refractivity contribution >= 4 is 27.6 Å². The van der Waals surface area contributed by atoms with Crippen LogP contribution in [-0.2, 0) is 35.3 Å². The van der Waals surface area contributed by atoms with Crippen LogP contribution in [-0.4, -0.2) is 41.3 Å². The Morgan fingerprint density at radius 1 is 0.944 bits per heavy atom. The highest BCUT2D eigenvalue weighted by Gasteiger charge is 2.67. The van der Waals surface area contributed by atoms with Crippen LogP contribution in [0.2, 0.25) is 0 Å². The number of fused-ring (bicyclic) bond motifs is 5. The Balaban J connectivity index is 0.000000185. The Bertz CT molecular complexity index is 2170. The third-order valence-corrected chi connectivity index (χ3v) is 13.5. The van der Waals surface area contributed by atoms with E-state index in [-0.39, 0.29) is 44.6 Å². The van der Waals surface area contributed by atoms with Crippen molar-refractivity contribution in [2.45, 2.75) is 96.7 Å². The third kappa shape index (κ3) is 6.78. The first-order chi connectivity index (χ1) is 25.1. The van der Waals surface area contributed by atoms with Crippen molar-refractivity contribution in [1.82, 2.24) is 9.78 Å². The van der Waals surface area contributed by atoms with E-state index in [0.29, 0.717) is 36.2 Å². The lowest BCUT2D eigenvalue weighted by Crippen LogP contribution is -2.58. The summed E-state index contributed by atoms with van der Waals surface area (Å²) in [5, 5.41) is 8.70. The van der Waals surface area contributed by atoms with E-state index >= 15 is 0 Å². The molecule has 3 aromatic rings. The van der Waals surface area contributed by atoms with E-state index in [0.717, 1.165) is 42.0 Å². The molecule has 1 aromatic heterocycles. The van der Waals surface area contributed by atoms with Crippen molar-refractivity contribution in [3.05, 3.63) is 89.2 Å². The minimum absolute atomic E-state index is 0.0160. The molecule has 0 bridgehead atoms. The van der Waals surface area contributed by atoms with Gasteiger partial charge in [0.1, 0.15) is 0 Å². The molecule has 2 saturated carbocycles. The predicted octanol–water partition coefficient (Wildman–Crippen LogP) is 8.09. The number of aromatic nitrogens is 2. The van der Waals surface area contributed by atoms with E-state index in [1.165, 1.54) is 42.3 Å². The summed E-state index contributed by atoms with van der Waals surface area (Å²) in [5.41, 5.74) is 2.15. The number of rotatable bonds is 5. The second-order valence-corrected chi connectivity index (χ2v) is 17.3. The lowest BCUT2D eigenvalue weighted by atomic mass is 9.47. The van der Waals surface area contributed by atoms with E-state index in [1.54, 1.807) is 31.2 Å². The van der Waals surface area contributed by atoms with Gasteiger partial charge in [0.15, 0.2) is 22.9 Å². The van der Waals surface area contributed by atoms with E-state index in [1.807, 2.05) is 13.0 Å². The minimum atomic E-state index is -4.61. The van der Waals surface area contributed by atoms with Crippen molar-refractivity contribution in [1.29, 1.82) is 0 Å². The molecule has 4 aliphatic carbocycles. The molecule has 288 valence electrons. The second kappa shape index (κ2) is 13.7. The maximum absolute atomic E-state index is 13.1. The second-order valence-electron chi connectivity index (χ2n) is 15.8. The summed E-state index contributed by atoms with van der Waals surface area (Å²) in [6, 6.07) is 13.1. The van der Waals surface area contributed by atoms with Crippen molar-refractivity contribution < 1.29 is 40.7 Å². The van der Waals surface area contributed by atoms with Gasteiger partial charge in [-0.1, -0.05) is 55.3 Å². The van der Waals surface area contributed by atoms with E-state index in [4.69, 9.17) is 9.88 Å². The maximum Gasteiger partial charge on any atom is 0.435 e. The van der Waals surface area contributed by atoms with Gasteiger partial charge in [0.25, 0.3) is 0 Å². The molecule has 13 heteroatoms. The van der Waals surface area contributed by atoms with E-state index < -0.39 is 27.5 Å². The number of aryl methyl sites for hydroxylation is 1. The van der Waals surface area contributed by atoms with Gasteiger partial charge in [0.2, 0.25) is 10.0 Å². The first kappa shape index (κ1) is 39.3. The molecule has 0 aliphatic heterocycles. The lowest BCUT2D eigenvalue weighted by Gasteiger charge is -2.58. The summed E-state index contributed by atoms with van der Waals surface area (Å²) in [4.78, 5) is 36.6. The van der Waals surface area contributed by atoms with Gasteiger partial charge in [-0.15, -0.1) is 0 Å². The number of primary sulfonamides is 1. The molecule has 0 spiro atoms. The van der Waals surface area contributed by atoms with Crippen molar-refractivity contribution in [2.24, 2.45) is 33.7 Å². The van der Waals surface area contributed by atoms with Gasteiger partial charge >= 0.3 is 12.1 Å². The van der Waals surface area contributed by atoms with E-state index in [9.17, 15) is 36.0 Å². The van der Waals surface area contributed by atoms with Crippen LogP contribution in [0.25, 0.3) is 16.9 Å². The first-order valence-corrected chi connectivity index (χ1v) is 19.7. The lowest BCUT2D eigenvalue weighted by molar-refractivity contribution is -0.185. The zero-order valence-corrected chi connectivity index (χ0v) is 32.1. The summed E-state index contributed by atoms with van der Waals surface area (Å²) >= 11 is 0. The number of benzene rings is 2. The molecule has 1 heterocycles. The van der Waals surface area contributed by atoms with Crippen LogP contribution in [0.5, 0.6) is 0 Å². The summed E-state index contributed by atoms with van der Waals surface area (Å²) in [6.45, 7) is 11.5. The molecular weight excluding hydrogens is 720 g/mol. The molecule has 54 heavy (non-hydrogen) atoms. The SMILES string of the molecule is CC(=O)O[C@]1(C(C)=O)CC[C@H]2[C@@H]3C=C(C)C4=CC(=O)CC[C@]4(C)[C@H]3CC[C@@]21C.Cc1ccc(-c2cc(C(F)(F)F)nn2-c2ccc(S(N)(=O)=O)cc2)cc1. The fourth-order valence-electron chi connectivity index (χ4n) is 9.90. The van der Waals surface area contributed by atoms with Gasteiger partial charge in [0.05, 0.1) is 16.3 Å². The number of nitrogens with two attached hydrogens (primary N) is 1. The minimum Gasteiger partial charge on any atom is -0.451 e. The molecule has 0 unspecified atom stereocenters. The number of esters is 1. The van der Waals surface area contributed by atoms with E-state index in [2.05, 4.69) is 31.9 Å². The van der Waals surface area contributed by atoms with Crippen molar-refractivity contribution in [3.8, 4) is 16.9 Å². The molecule has 2 fully saturated rings. The summed E-state index contributed by atoms with van der Waals surface area (Å²) in [6.07, 6.45) is 4.59. The molecule has 7 rings (SSSR count). The largest absolute Gasteiger partial charge is 0.451 e. The number of hydrogen-bond donors (Lipinski definition) is 1. The molecule has 6 atom stereocenters. The van der Waals surface area contributed by atoms with Gasteiger partial charge in [-0.3, -0.25) is 14.4 Å². The van der Waals surface area contributed by atoms with Crippen molar-refractivity contribution in [2.75, 3.05) is 0 Å². The summed E-state index contributed by atoms with van der Waals surface area (Å²) < 4.78 is 69.0. The Kier molecular flexibility index (Phi) is 10.0. The number of nitrogens with zero attached hydrogens (tertiary/aromatic N) is 2. The van der Waals surface area contributed by atoms with Gasteiger partial charge in [0, 0.05) is 24.3 Å². The summed E-state index contributed by atoms with van der Waals surface area (Å²) in [5.74, 6) is 1.03. The topological polar surface area (TPSA) is 138 Å². The highest BCUT2D eigenvalue weighted by atomic mass is 32.2. The fourth-order valence-corrected chi connectivity index (χ4v) is 10.4. The smallest absolute Gasteiger partial charge is 0.435 e. The number of allylic oxidation sites excluding steroid dienone is 4. The molecule has 9 nitrogen and oxygen atoms in total. The number of halogens is 3. The first-order valence-electron chi connectivity index (χ1n) is 18.1. The quantitative estimate of drug-likeness (QED) is 0.259. The molecule has 2 aromatic carbocycles. The van der Waals surface area contributed by atoms with Crippen LogP contribution in [0, 0.1) is 35.5 Å². The zero-order valence-electron chi connectivity index (χ0n) is 31.3. The molecular formula is C41H46F3N3O6S. The molecule has 0 amide bonds. The van der Waals surface area contributed by atoms with Crippen LogP contribution in [0.4, 0.5) is 13.2 Å². The van der Waals surface area contributed by atoms with Gasteiger partial charge in [-0.25, -0.2) is 18.2 Å². The Hall–Kier alpha value is -4.36. The molecule has 0 saturated heterocycles. The van der Waals surface area contributed by atoms with Crippen molar-refractivity contribution in [3.63, 3.8) is 0 Å². The number of sulfonamides is 1. The number of carbonyl (C=O) groups is 3. The Morgan fingerprint density at radius 3 is 2.15 bits per heavy atom. The normalized spacial score (nSPS) is 29.1. The van der Waals surface area contributed by atoms with Gasteiger partial charge in [-0.05, 0) is 118 Å². The number of Topliss-reactive ketones (excluding diaryl/α,β-unsaturated/α-hetero) is 1. The van der Waals surface area contributed by atoms with Gasteiger partial charge in [-0.2, -0.15) is 18.3 Å². The highest BCUT2D eigenvalue weighted by molar-refractivity contribution is 7.89. The number of hydrogen-bond acceptors (Lipinski definition) is 7. The maximum atomic E-state index is 13.1. The monoisotopic (exact) mass is 765 g/mol. The standard InChI is InChI=1S/C24H32O4.C17H14F3N3O2S/c1-14-12-18-19(22(4)9-6-17(27)13-21(14)22)7-10-23(5)20(18)8-11-24(23,15(2)25)28-16(3)26;1-11-2-4-12(5-3-11)15-10-16(17(18,19)20)22-23(15)13-6-8-14(9-7-13)26(21,24)25/h12-13,18-20H,6-11H2,1-5H3;2-10H,1H3,(H2,21,24,25)/t18-,19+,20+,22-,23+,24+;/m1./s1. The summed E-state index contributed by atoms with van der Waals surface area (Å²) in [7, 11) is -3.90. The molecule has 0 radical (unpaired) electrons. The van der Waals surface area contributed by atoms with Crippen LogP contribution in [0.15, 0.2) is 82.8 Å². The average molecular weight is 766 g/mol. The Labute approximate surface area is 313 Å². The van der Waals surface area contributed by atoms with Crippen LogP contribution < -0.4 is 5.14 Å². The molecule has 4 aliphatic rings.